The first-order valence-corrected chi connectivity index (χ1v) is 9.44. The Morgan fingerprint density at radius 2 is 2.19 bits per heavy atom. The first-order chi connectivity index (χ1) is 13.1. The van der Waals surface area contributed by atoms with Gasteiger partial charge < -0.3 is 15.1 Å². The Morgan fingerprint density at radius 3 is 2.85 bits per heavy atom. The van der Waals surface area contributed by atoms with Gasteiger partial charge in [-0.2, -0.15) is 5.10 Å². The zero-order valence-corrected chi connectivity index (χ0v) is 16.4. The highest BCUT2D eigenvalue weighted by molar-refractivity contribution is 5.98. The molecule has 1 aromatic heterocycles. The number of anilines is 1. The van der Waals surface area contributed by atoms with Crippen LogP contribution in [0.25, 0.3) is 0 Å². The molecule has 0 saturated carbocycles. The Bertz CT molecular complexity index is 812. The number of aryl methyl sites for hydroxylation is 2. The molecule has 1 N–H and O–H groups in total. The van der Waals surface area contributed by atoms with Crippen molar-refractivity contribution in [2.24, 2.45) is 12.0 Å². The van der Waals surface area contributed by atoms with Crippen molar-refractivity contribution in [3.8, 4) is 0 Å². The van der Waals surface area contributed by atoms with Crippen LogP contribution in [0.15, 0.2) is 41.7 Å². The second-order valence-corrected chi connectivity index (χ2v) is 6.81. The molecule has 0 radical (unpaired) electrons. The zero-order chi connectivity index (χ0) is 19.2. The quantitative estimate of drug-likeness (QED) is 0.643. The van der Waals surface area contributed by atoms with Gasteiger partial charge in [-0.25, -0.2) is 0 Å². The number of aliphatic imine (C=N–C) groups is 1. The smallest absolute Gasteiger partial charge is 0.246 e. The van der Waals surface area contributed by atoms with Gasteiger partial charge in [-0.15, -0.1) is 0 Å². The third-order valence-corrected chi connectivity index (χ3v) is 4.60. The van der Waals surface area contributed by atoms with E-state index in [1.807, 2.05) is 25.1 Å². The molecule has 27 heavy (non-hydrogen) atoms. The third-order valence-electron chi connectivity index (χ3n) is 4.60. The first kappa shape index (κ1) is 18.9. The molecule has 7 nitrogen and oxygen atoms in total. The van der Waals surface area contributed by atoms with Crippen LogP contribution in [-0.4, -0.2) is 59.3 Å². The van der Waals surface area contributed by atoms with Crippen molar-refractivity contribution in [3.05, 3.63) is 47.8 Å². The molecule has 0 unspecified atom stereocenters. The van der Waals surface area contributed by atoms with Crippen LogP contribution >= 0.6 is 0 Å². The molecule has 2 aromatic rings. The lowest BCUT2D eigenvalue weighted by atomic mass is 10.1. The number of hydrogen-bond donors (Lipinski definition) is 1. The molecule has 144 valence electrons. The van der Waals surface area contributed by atoms with E-state index < -0.39 is 0 Å². The van der Waals surface area contributed by atoms with Crippen LogP contribution in [0.5, 0.6) is 0 Å². The lowest BCUT2D eigenvalue weighted by Crippen LogP contribution is -2.55. The van der Waals surface area contributed by atoms with Crippen molar-refractivity contribution >= 4 is 17.6 Å². The van der Waals surface area contributed by atoms with Gasteiger partial charge in [-0.1, -0.05) is 29.8 Å². The molecule has 1 fully saturated rings. The van der Waals surface area contributed by atoms with Crippen molar-refractivity contribution in [1.29, 1.82) is 0 Å². The third kappa shape index (κ3) is 4.87. The molecular weight excluding hydrogens is 340 g/mol. The van der Waals surface area contributed by atoms with E-state index in [0.717, 1.165) is 31.2 Å². The first-order valence-electron chi connectivity index (χ1n) is 9.44. The van der Waals surface area contributed by atoms with Crippen molar-refractivity contribution < 1.29 is 4.79 Å². The number of benzene rings is 1. The Labute approximate surface area is 160 Å². The second kappa shape index (κ2) is 8.70. The van der Waals surface area contributed by atoms with Gasteiger partial charge in [-0.3, -0.25) is 14.5 Å². The number of hydrogen-bond acceptors (Lipinski definition) is 3. The van der Waals surface area contributed by atoms with Crippen LogP contribution in [0, 0.1) is 6.92 Å². The van der Waals surface area contributed by atoms with Crippen LogP contribution in [0.2, 0.25) is 0 Å². The summed E-state index contributed by atoms with van der Waals surface area (Å²) in [5, 5.41) is 7.48. The number of rotatable bonds is 5. The van der Waals surface area contributed by atoms with E-state index >= 15 is 0 Å². The molecule has 1 aliphatic rings. The highest BCUT2D eigenvalue weighted by Crippen LogP contribution is 2.16. The molecule has 0 spiro atoms. The molecule has 2 heterocycles. The molecule has 7 heteroatoms. The fourth-order valence-electron chi connectivity index (χ4n) is 3.26. The summed E-state index contributed by atoms with van der Waals surface area (Å²) >= 11 is 0. The predicted molar refractivity (Wildman–Crippen MR) is 108 cm³/mol. The summed E-state index contributed by atoms with van der Waals surface area (Å²) in [6.45, 7) is 7.33. The molecule has 1 saturated heterocycles. The fraction of sp³-hybridized carbons (Fsp3) is 0.450. The number of carbonyl (C=O) groups is 1. The fourth-order valence-corrected chi connectivity index (χ4v) is 3.26. The van der Waals surface area contributed by atoms with E-state index in [4.69, 9.17) is 4.99 Å². The number of nitrogens with one attached hydrogen (secondary N) is 1. The van der Waals surface area contributed by atoms with Gasteiger partial charge in [-0.05, 0) is 25.8 Å². The van der Waals surface area contributed by atoms with Crippen molar-refractivity contribution in [3.63, 3.8) is 0 Å². The molecule has 0 atom stereocenters. The van der Waals surface area contributed by atoms with Crippen LogP contribution in [0.3, 0.4) is 0 Å². The van der Waals surface area contributed by atoms with Gasteiger partial charge in [0.2, 0.25) is 5.91 Å². The Balaban J connectivity index is 1.62. The van der Waals surface area contributed by atoms with Gasteiger partial charge in [0, 0.05) is 39.4 Å². The molecule has 0 aliphatic carbocycles. The van der Waals surface area contributed by atoms with E-state index in [0.29, 0.717) is 19.6 Å². The van der Waals surface area contributed by atoms with Gasteiger partial charge in [0.05, 0.1) is 11.9 Å². The maximum Gasteiger partial charge on any atom is 0.246 e. The maximum absolute atomic E-state index is 12.6. The van der Waals surface area contributed by atoms with E-state index in [2.05, 4.69) is 41.6 Å². The minimum absolute atomic E-state index is 0.0681. The molecular formula is C20H28N6O. The largest absolute Gasteiger partial charge is 0.357 e. The van der Waals surface area contributed by atoms with Crippen LogP contribution in [-0.2, 0) is 18.3 Å². The Morgan fingerprint density at radius 1 is 1.33 bits per heavy atom. The summed E-state index contributed by atoms with van der Waals surface area (Å²) in [7, 11) is 1.86. The predicted octanol–water partition coefficient (Wildman–Crippen LogP) is 1.59. The summed E-state index contributed by atoms with van der Waals surface area (Å²) in [6.07, 6.45) is 4.49. The summed E-state index contributed by atoms with van der Waals surface area (Å²) < 4.78 is 1.71. The van der Waals surface area contributed by atoms with Crippen LogP contribution in [0.4, 0.5) is 5.69 Å². The molecule has 1 amide bonds. The van der Waals surface area contributed by atoms with Crippen molar-refractivity contribution in [1.82, 2.24) is 20.0 Å². The van der Waals surface area contributed by atoms with Gasteiger partial charge in [0.1, 0.15) is 6.54 Å². The van der Waals surface area contributed by atoms with E-state index in [1.54, 1.807) is 15.8 Å². The topological polar surface area (TPSA) is 65.8 Å². The summed E-state index contributed by atoms with van der Waals surface area (Å²) in [4.78, 5) is 21.2. The molecule has 3 rings (SSSR count). The number of carbonyl (C=O) groups excluding carboxylic acids is 1. The van der Waals surface area contributed by atoms with E-state index in [-0.39, 0.29) is 5.91 Å². The van der Waals surface area contributed by atoms with Crippen molar-refractivity contribution in [2.45, 2.75) is 20.3 Å². The zero-order valence-electron chi connectivity index (χ0n) is 16.4. The lowest BCUT2D eigenvalue weighted by Gasteiger charge is -2.35. The van der Waals surface area contributed by atoms with Crippen molar-refractivity contribution in [2.75, 3.05) is 37.6 Å². The number of aromatic nitrogens is 2. The monoisotopic (exact) mass is 368 g/mol. The SMILES string of the molecule is CCNC(=NCCc1cccc(C)c1)N1CCN(c2cnn(C)c2)C(=O)C1. The van der Waals surface area contributed by atoms with Crippen LogP contribution < -0.4 is 10.2 Å². The average molecular weight is 368 g/mol. The number of piperazine rings is 1. The van der Waals surface area contributed by atoms with Gasteiger partial charge in [0.25, 0.3) is 0 Å². The second-order valence-electron chi connectivity index (χ2n) is 6.81. The Kier molecular flexibility index (Phi) is 6.11. The average Bonchev–Trinajstić information content (AvgIpc) is 3.07. The molecule has 1 aromatic carbocycles. The highest BCUT2D eigenvalue weighted by Gasteiger charge is 2.27. The Hall–Kier alpha value is -2.83. The minimum Gasteiger partial charge on any atom is -0.357 e. The van der Waals surface area contributed by atoms with Crippen LogP contribution in [0.1, 0.15) is 18.1 Å². The van der Waals surface area contributed by atoms with Gasteiger partial charge in [0.15, 0.2) is 5.96 Å². The number of amides is 1. The summed E-state index contributed by atoms with van der Waals surface area (Å²) in [6, 6.07) is 8.50. The summed E-state index contributed by atoms with van der Waals surface area (Å²) in [5.41, 5.74) is 3.40. The normalized spacial score (nSPS) is 15.4. The number of guanidine groups is 1. The standard InChI is InChI=1S/C20H28N6O/c1-4-21-20(22-9-8-17-7-5-6-16(2)12-17)25-10-11-26(19(27)15-25)18-13-23-24(3)14-18/h5-7,12-14H,4,8-11,15H2,1-3H3,(H,21,22). The van der Waals surface area contributed by atoms with E-state index in [1.165, 1.54) is 11.1 Å². The molecule has 1 aliphatic heterocycles. The highest BCUT2D eigenvalue weighted by atomic mass is 16.2. The van der Waals surface area contributed by atoms with Gasteiger partial charge >= 0.3 is 0 Å². The molecule has 0 bridgehead atoms. The maximum atomic E-state index is 12.6. The van der Waals surface area contributed by atoms with E-state index in [9.17, 15) is 4.79 Å². The minimum atomic E-state index is 0.0681. The summed E-state index contributed by atoms with van der Waals surface area (Å²) in [5.74, 6) is 0.878. The lowest BCUT2D eigenvalue weighted by molar-refractivity contribution is -0.120. The number of nitrogens with zero attached hydrogens (tertiary/aromatic N) is 5.